The van der Waals surface area contributed by atoms with Crippen molar-refractivity contribution in [1.29, 1.82) is 0 Å². The van der Waals surface area contributed by atoms with Gasteiger partial charge < -0.3 is 4.90 Å². The van der Waals surface area contributed by atoms with Crippen molar-refractivity contribution in [3.05, 3.63) is 77.6 Å². The second kappa shape index (κ2) is 6.32. The zero-order chi connectivity index (χ0) is 17.4. The first-order valence-electron chi connectivity index (χ1n) is 8.76. The van der Waals surface area contributed by atoms with E-state index in [4.69, 9.17) is 0 Å². The Morgan fingerprint density at radius 1 is 1.04 bits per heavy atom. The summed E-state index contributed by atoms with van der Waals surface area (Å²) in [6.45, 7) is 2.81. The molecule has 0 spiro atoms. The largest absolute Gasteiger partial charge is 0.312 e. The molecule has 3 heteroatoms. The highest BCUT2D eigenvalue weighted by Crippen LogP contribution is 2.43. The van der Waals surface area contributed by atoms with Crippen LogP contribution >= 0.6 is 0 Å². The number of rotatable bonds is 3. The van der Waals surface area contributed by atoms with E-state index in [0.29, 0.717) is 6.42 Å². The third kappa shape index (κ3) is 2.70. The molecule has 0 N–H and O–H groups in total. The average Bonchev–Trinajstić information content (AvgIpc) is 2.64. The van der Waals surface area contributed by atoms with Gasteiger partial charge in [0.2, 0.25) is 5.91 Å². The van der Waals surface area contributed by atoms with Crippen molar-refractivity contribution in [2.45, 2.75) is 25.7 Å². The molecule has 0 aromatic heterocycles. The van der Waals surface area contributed by atoms with Gasteiger partial charge in [-0.1, -0.05) is 49.4 Å². The van der Waals surface area contributed by atoms with Gasteiger partial charge in [0.15, 0.2) is 0 Å². The molecule has 0 radical (unpaired) electrons. The van der Waals surface area contributed by atoms with E-state index in [-0.39, 0.29) is 17.6 Å². The van der Waals surface area contributed by atoms with Crippen LogP contribution in [0.5, 0.6) is 0 Å². The lowest BCUT2D eigenvalue weighted by Crippen LogP contribution is -2.37. The van der Waals surface area contributed by atoms with E-state index in [1.165, 1.54) is 28.5 Å². The summed E-state index contributed by atoms with van der Waals surface area (Å²) in [5.74, 6) is -0.155. The SMILES string of the molecule is CCCN1C(=O)CC(c2ccc(F)cc2)c2c1ccc1ccccc21. The van der Waals surface area contributed by atoms with Crippen molar-refractivity contribution in [1.82, 2.24) is 0 Å². The van der Waals surface area contributed by atoms with E-state index in [1.54, 1.807) is 12.1 Å². The van der Waals surface area contributed by atoms with Gasteiger partial charge in [-0.2, -0.15) is 0 Å². The minimum absolute atomic E-state index is 0.0395. The van der Waals surface area contributed by atoms with Crippen LogP contribution in [0.25, 0.3) is 10.8 Å². The van der Waals surface area contributed by atoms with Crippen LogP contribution in [0.4, 0.5) is 10.1 Å². The Bertz CT molecular complexity index is 932. The van der Waals surface area contributed by atoms with E-state index in [9.17, 15) is 9.18 Å². The molecule has 3 aromatic carbocycles. The molecule has 1 aliphatic rings. The molecular weight excluding hydrogens is 313 g/mol. The second-order valence-corrected chi connectivity index (χ2v) is 6.57. The highest BCUT2D eigenvalue weighted by molar-refractivity contribution is 6.03. The molecule has 0 saturated carbocycles. The third-order valence-corrected chi connectivity index (χ3v) is 4.99. The number of halogens is 1. The number of hydrogen-bond donors (Lipinski definition) is 0. The lowest BCUT2D eigenvalue weighted by molar-refractivity contribution is -0.119. The van der Waals surface area contributed by atoms with E-state index >= 15 is 0 Å². The van der Waals surface area contributed by atoms with Gasteiger partial charge in [-0.3, -0.25) is 4.79 Å². The van der Waals surface area contributed by atoms with Crippen LogP contribution in [0.2, 0.25) is 0 Å². The molecule has 2 nitrogen and oxygen atoms in total. The predicted molar refractivity (Wildman–Crippen MR) is 99.5 cm³/mol. The second-order valence-electron chi connectivity index (χ2n) is 6.57. The quantitative estimate of drug-likeness (QED) is 0.640. The Morgan fingerprint density at radius 3 is 2.56 bits per heavy atom. The molecule has 126 valence electrons. The van der Waals surface area contributed by atoms with Crippen molar-refractivity contribution in [3.8, 4) is 0 Å². The van der Waals surface area contributed by atoms with E-state index in [2.05, 4.69) is 31.2 Å². The first-order valence-corrected chi connectivity index (χ1v) is 8.76. The zero-order valence-corrected chi connectivity index (χ0v) is 14.2. The first-order chi connectivity index (χ1) is 12.2. The zero-order valence-electron chi connectivity index (χ0n) is 14.2. The molecule has 1 heterocycles. The maximum atomic E-state index is 13.4. The summed E-state index contributed by atoms with van der Waals surface area (Å²) < 4.78 is 13.4. The van der Waals surface area contributed by atoms with Crippen LogP contribution in [0.3, 0.4) is 0 Å². The van der Waals surface area contributed by atoms with Crippen LogP contribution in [-0.4, -0.2) is 12.5 Å². The van der Waals surface area contributed by atoms with Gasteiger partial charge in [0.25, 0.3) is 0 Å². The van der Waals surface area contributed by atoms with Crippen molar-refractivity contribution < 1.29 is 9.18 Å². The van der Waals surface area contributed by atoms with Gasteiger partial charge in [-0.25, -0.2) is 4.39 Å². The number of carbonyl (C=O) groups excluding carboxylic acids is 1. The number of benzene rings is 3. The van der Waals surface area contributed by atoms with Crippen LogP contribution in [-0.2, 0) is 4.79 Å². The van der Waals surface area contributed by atoms with Crippen molar-refractivity contribution in [3.63, 3.8) is 0 Å². The molecule has 0 fully saturated rings. The maximum absolute atomic E-state index is 13.4. The Kier molecular flexibility index (Phi) is 4.00. The van der Waals surface area contributed by atoms with Crippen LogP contribution < -0.4 is 4.90 Å². The molecule has 3 aromatic rings. The van der Waals surface area contributed by atoms with Crippen molar-refractivity contribution >= 4 is 22.4 Å². The number of hydrogen-bond acceptors (Lipinski definition) is 1. The van der Waals surface area contributed by atoms with Gasteiger partial charge in [0.1, 0.15) is 5.82 Å². The van der Waals surface area contributed by atoms with Crippen molar-refractivity contribution in [2.24, 2.45) is 0 Å². The summed E-state index contributed by atoms with van der Waals surface area (Å²) in [7, 11) is 0. The van der Waals surface area contributed by atoms with Crippen LogP contribution in [0, 0.1) is 5.82 Å². The Morgan fingerprint density at radius 2 is 1.80 bits per heavy atom. The Balaban J connectivity index is 1.96. The molecule has 25 heavy (non-hydrogen) atoms. The van der Waals surface area contributed by atoms with Gasteiger partial charge in [-0.15, -0.1) is 0 Å². The smallest absolute Gasteiger partial charge is 0.227 e. The summed E-state index contributed by atoms with van der Waals surface area (Å²) in [5, 5.41) is 2.34. The summed E-state index contributed by atoms with van der Waals surface area (Å²) in [6, 6.07) is 19.0. The van der Waals surface area contributed by atoms with Gasteiger partial charge in [0, 0.05) is 24.6 Å². The molecular formula is C22H20FNO. The lowest BCUT2D eigenvalue weighted by atomic mass is 9.81. The Hall–Kier alpha value is -2.68. The number of amides is 1. The predicted octanol–water partition coefficient (Wildman–Crippen LogP) is 5.26. The van der Waals surface area contributed by atoms with Crippen LogP contribution in [0.1, 0.15) is 36.8 Å². The maximum Gasteiger partial charge on any atom is 0.227 e. The fourth-order valence-electron chi connectivity index (χ4n) is 3.86. The summed E-state index contributed by atoms with van der Waals surface area (Å²) in [4.78, 5) is 14.7. The molecule has 4 rings (SSSR count). The van der Waals surface area contributed by atoms with Gasteiger partial charge >= 0.3 is 0 Å². The molecule has 0 aliphatic carbocycles. The minimum Gasteiger partial charge on any atom is -0.312 e. The van der Waals surface area contributed by atoms with E-state index in [1.807, 2.05) is 17.0 Å². The average molecular weight is 333 g/mol. The monoisotopic (exact) mass is 333 g/mol. The normalized spacial score (nSPS) is 17.0. The summed E-state index contributed by atoms with van der Waals surface area (Å²) >= 11 is 0. The number of carbonyl (C=O) groups is 1. The molecule has 1 atom stereocenters. The lowest BCUT2D eigenvalue weighted by Gasteiger charge is -2.35. The van der Waals surface area contributed by atoms with Gasteiger partial charge in [-0.05, 0) is 46.5 Å². The minimum atomic E-state index is -0.253. The first kappa shape index (κ1) is 15.8. The van der Waals surface area contributed by atoms with E-state index in [0.717, 1.165) is 24.2 Å². The molecule has 0 bridgehead atoms. The third-order valence-electron chi connectivity index (χ3n) is 4.99. The standard InChI is InChI=1S/C22H20FNO/c1-2-13-24-20-12-9-15-5-3-4-6-18(15)22(20)19(14-21(24)25)16-7-10-17(23)11-8-16/h3-12,19H,2,13-14H2,1H3. The molecule has 0 saturated heterocycles. The molecule has 1 amide bonds. The summed E-state index contributed by atoms with van der Waals surface area (Å²) in [5.41, 5.74) is 3.16. The summed E-state index contributed by atoms with van der Waals surface area (Å²) in [6.07, 6.45) is 1.34. The Labute approximate surface area is 146 Å². The highest BCUT2D eigenvalue weighted by atomic mass is 19.1. The van der Waals surface area contributed by atoms with Crippen LogP contribution in [0.15, 0.2) is 60.7 Å². The fraction of sp³-hybridized carbons (Fsp3) is 0.227. The highest BCUT2D eigenvalue weighted by Gasteiger charge is 2.33. The topological polar surface area (TPSA) is 20.3 Å². The van der Waals surface area contributed by atoms with E-state index < -0.39 is 0 Å². The molecule has 1 unspecified atom stereocenters. The number of anilines is 1. The van der Waals surface area contributed by atoms with Gasteiger partial charge in [0.05, 0.1) is 0 Å². The number of fused-ring (bicyclic) bond motifs is 3. The number of nitrogens with zero attached hydrogens (tertiary/aromatic N) is 1. The molecule has 1 aliphatic heterocycles. The fourth-order valence-corrected chi connectivity index (χ4v) is 3.86. The van der Waals surface area contributed by atoms with Crippen molar-refractivity contribution in [2.75, 3.05) is 11.4 Å².